The fourth-order valence-corrected chi connectivity index (χ4v) is 2.23. The van der Waals surface area contributed by atoms with E-state index in [4.69, 9.17) is 11.0 Å². The monoisotopic (exact) mass is 309 g/mol. The summed E-state index contributed by atoms with van der Waals surface area (Å²) in [4.78, 5) is 16.1. The number of oxazole rings is 1. The van der Waals surface area contributed by atoms with E-state index in [1.54, 1.807) is 6.20 Å². The van der Waals surface area contributed by atoms with E-state index in [0.717, 1.165) is 11.3 Å². The van der Waals surface area contributed by atoms with Crippen molar-refractivity contribution < 1.29 is 4.42 Å². The number of nitrogens with one attached hydrogen (secondary N) is 1. The predicted octanol–water partition coefficient (Wildman–Crippen LogP) is 4.15. The number of rotatable bonds is 4. The predicted molar refractivity (Wildman–Crippen MR) is 85.3 cm³/mol. The minimum absolute atomic E-state index is 0.361. The van der Waals surface area contributed by atoms with Gasteiger partial charge in [-0.05, 0) is 18.4 Å². The van der Waals surface area contributed by atoms with Gasteiger partial charge in [0.2, 0.25) is 11.6 Å². The molecule has 1 N–H and O–H groups in total. The number of nitrogens with zero attached hydrogens (tertiary/aromatic N) is 4. The second-order valence-corrected chi connectivity index (χ2v) is 4.98. The van der Waals surface area contributed by atoms with Crippen LogP contribution in [0.25, 0.3) is 16.3 Å². The Kier molecular flexibility index (Phi) is 4.03. The van der Waals surface area contributed by atoms with E-state index < -0.39 is 0 Å². The average Bonchev–Trinajstić information content (AvgIpc) is 3.09. The molecule has 0 fully saturated rings. The van der Waals surface area contributed by atoms with Crippen molar-refractivity contribution in [3.8, 4) is 11.5 Å². The van der Waals surface area contributed by atoms with Crippen molar-refractivity contribution in [1.29, 1.82) is 0 Å². The first kappa shape index (κ1) is 14.1. The highest BCUT2D eigenvalue weighted by Crippen LogP contribution is 2.32. The third kappa shape index (κ3) is 2.77. The lowest BCUT2D eigenvalue weighted by Gasteiger charge is -2.11. The van der Waals surface area contributed by atoms with E-state index in [2.05, 4.69) is 25.1 Å². The van der Waals surface area contributed by atoms with Gasteiger partial charge in [0, 0.05) is 6.20 Å². The molecule has 7 heteroatoms. The molecule has 1 aromatic carbocycles. The summed E-state index contributed by atoms with van der Waals surface area (Å²) in [5, 5.41) is 3.78. The molecule has 0 amide bonds. The third-order valence-corrected chi connectivity index (χ3v) is 3.46. The highest BCUT2D eigenvalue weighted by molar-refractivity contribution is 7.98. The molecule has 22 heavy (non-hydrogen) atoms. The molecule has 2 heterocycles. The highest BCUT2D eigenvalue weighted by Gasteiger charge is 2.12. The molecule has 108 valence electrons. The molecule has 0 aliphatic heterocycles. The number of anilines is 2. The summed E-state index contributed by atoms with van der Waals surface area (Å²) in [5.41, 5.74) is 1.92. The first-order chi connectivity index (χ1) is 10.8. The molecular formula is C15H11N5OS. The molecule has 0 bridgehead atoms. The molecule has 3 rings (SSSR count). The number of aromatic nitrogens is 3. The lowest BCUT2D eigenvalue weighted by Crippen LogP contribution is -1.98. The Bertz CT molecular complexity index is 826. The van der Waals surface area contributed by atoms with Crippen molar-refractivity contribution in [1.82, 2.24) is 15.0 Å². The Morgan fingerprint density at radius 3 is 2.86 bits per heavy atom. The van der Waals surface area contributed by atoms with Gasteiger partial charge >= 0.3 is 0 Å². The van der Waals surface area contributed by atoms with Gasteiger partial charge in [0.05, 0.1) is 24.0 Å². The molecule has 0 unspecified atom stereocenters. The van der Waals surface area contributed by atoms with Crippen LogP contribution in [0.5, 0.6) is 0 Å². The summed E-state index contributed by atoms with van der Waals surface area (Å²) >= 11 is 1.42. The van der Waals surface area contributed by atoms with Gasteiger partial charge in [-0.1, -0.05) is 23.9 Å². The molecule has 2 aromatic heterocycles. The fourth-order valence-electron chi connectivity index (χ4n) is 1.89. The molecule has 0 aliphatic carbocycles. The van der Waals surface area contributed by atoms with Gasteiger partial charge in [-0.2, -0.15) is 0 Å². The van der Waals surface area contributed by atoms with E-state index >= 15 is 0 Å². The highest BCUT2D eigenvalue weighted by atomic mass is 32.2. The summed E-state index contributed by atoms with van der Waals surface area (Å²) in [6.07, 6.45) is 6.51. The Morgan fingerprint density at radius 1 is 1.27 bits per heavy atom. The van der Waals surface area contributed by atoms with Crippen LogP contribution in [0, 0.1) is 6.57 Å². The van der Waals surface area contributed by atoms with Crippen LogP contribution in [-0.4, -0.2) is 21.2 Å². The normalized spacial score (nSPS) is 10.2. The van der Waals surface area contributed by atoms with Gasteiger partial charge in [0.25, 0.3) is 0 Å². The van der Waals surface area contributed by atoms with E-state index in [0.29, 0.717) is 22.6 Å². The molecule has 0 saturated heterocycles. The molecule has 0 aliphatic rings. The Balaban J connectivity index is 2.03. The van der Waals surface area contributed by atoms with E-state index in [1.165, 1.54) is 24.2 Å². The summed E-state index contributed by atoms with van der Waals surface area (Å²) in [6, 6.07) is 7.56. The zero-order valence-electron chi connectivity index (χ0n) is 11.6. The van der Waals surface area contributed by atoms with E-state index in [9.17, 15) is 0 Å². The first-order valence-corrected chi connectivity index (χ1v) is 7.58. The molecule has 0 radical (unpaired) electrons. The van der Waals surface area contributed by atoms with Gasteiger partial charge < -0.3 is 9.73 Å². The van der Waals surface area contributed by atoms with Crippen molar-refractivity contribution in [3.05, 3.63) is 54.3 Å². The lowest BCUT2D eigenvalue weighted by molar-refractivity contribution is 0.575. The van der Waals surface area contributed by atoms with Gasteiger partial charge in [-0.15, -0.1) is 0 Å². The molecular weight excluding hydrogens is 298 g/mol. The minimum Gasteiger partial charge on any atom is -0.444 e. The second-order valence-electron chi connectivity index (χ2n) is 4.21. The topological polar surface area (TPSA) is 68.2 Å². The van der Waals surface area contributed by atoms with E-state index in [1.807, 2.05) is 30.5 Å². The SMILES string of the molecule is [C-]#[N+]c1cnc(SC)nc1Nc1ccccc1-c1ncco1. The summed E-state index contributed by atoms with van der Waals surface area (Å²) in [7, 11) is 0. The first-order valence-electron chi connectivity index (χ1n) is 6.36. The van der Waals surface area contributed by atoms with Crippen LogP contribution >= 0.6 is 11.8 Å². The van der Waals surface area contributed by atoms with Crippen molar-refractivity contribution in [2.45, 2.75) is 5.16 Å². The number of benzene rings is 1. The summed E-state index contributed by atoms with van der Waals surface area (Å²) in [6.45, 7) is 7.24. The molecule has 6 nitrogen and oxygen atoms in total. The standard InChI is InChI=1S/C15H11N5OS/c1-16-12-9-18-15(22-2)20-13(12)19-11-6-4-3-5-10(11)14-17-7-8-21-14/h3-9H,2H3,(H,18,19,20). The van der Waals surface area contributed by atoms with Crippen LogP contribution < -0.4 is 5.32 Å². The maximum Gasteiger partial charge on any atom is 0.246 e. The Morgan fingerprint density at radius 2 is 2.14 bits per heavy atom. The van der Waals surface area contributed by atoms with Gasteiger partial charge in [0.15, 0.2) is 5.16 Å². The van der Waals surface area contributed by atoms with Crippen LogP contribution in [0.1, 0.15) is 0 Å². The van der Waals surface area contributed by atoms with Crippen molar-refractivity contribution in [2.24, 2.45) is 0 Å². The quantitative estimate of drug-likeness (QED) is 0.443. The van der Waals surface area contributed by atoms with E-state index in [-0.39, 0.29) is 0 Å². The second kappa shape index (κ2) is 6.28. The molecule has 0 spiro atoms. The molecule has 3 aromatic rings. The Labute approximate surface area is 131 Å². The maximum absolute atomic E-state index is 7.24. The van der Waals surface area contributed by atoms with Crippen molar-refractivity contribution >= 4 is 29.0 Å². The fraction of sp³-hybridized carbons (Fsp3) is 0.0667. The van der Waals surface area contributed by atoms with Crippen molar-refractivity contribution in [3.63, 3.8) is 0 Å². The minimum atomic E-state index is 0.361. The van der Waals surface area contributed by atoms with Crippen molar-refractivity contribution in [2.75, 3.05) is 11.6 Å². The van der Waals surface area contributed by atoms with Crippen LogP contribution in [0.3, 0.4) is 0 Å². The van der Waals surface area contributed by atoms with Gasteiger partial charge in [-0.25, -0.2) is 19.8 Å². The largest absolute Gasteiger partial charge is 0.444 e. The van der Waals surface area contributed by atoms with Crippen LogP contribution in [-0.2, 0) is 0 Å². The number of para-hydroxylation sites is 1. The molecule has 0 saturated carbocycles. The van der Waals surface area contributed by atoms with Gasteiger partial charge in [-0.3, -0.25) is 0 Å². The molecule has 0 atom stereocenters. The van der Waals surface area contributed by atoms with Crippen LogP contribution in [0.15, 0.2) is 52.5 Å². The van der Waals surface area contributed by atoms with Gasteiger partial charge in [0.1, 0.15) is 12.1 Å². The number of thioether (sulfide) groups is 1. The lowest BCUT2D eigenvalue weighted by atomic mass is 10.1. The summed E-state index contributed by atoms with van der Waals surface area (Å²) in [5.74, 6) is 0.972. The number of hydrogen-bond donors (Lipinski definition) is 1. The number of hydrogen-bond acceptors (Lipinski definition) is 6. The summed E-state index contributed by atoms with van der Waals surface area (Å²) < 4.78 is 5.35. The smallest absolute Gasteiger partial charge is 0.246 e. The third-order valence-electron chi connectivity index (χ3n) is 2.89. The van der Waals surface area contributed by atoms with Crippen LogP contribution in [0.2, 0.25) is 0 Å². The average molecular weight is 309 g/mol. The maximum atomic E-state index is 7.24. The van der Waals surface area contributed by atoms with Crippen LogP contribution in [0.4, 0.5) is 17.2 Å². The zero-order chi connectivity index (χ0) is 15.4. The Hall–Kier alpha value is -2.85. The zero-order valence-corrected chi connectivity index (χ0v) is 12.5.